The zero-order valence-corrected chi connectivity index (χ0v) is 12.8. The zero-order chi connectivity index (χ0) is 15.6. The summed E-state index contributed by atoms with van der Waals surface area (Å²) in [5.74, 6) is 0.653. The minimum atomic E-state index is -0.107. The summed E-state index contributed by atoms with van der Waals surface area (Å²) in [7, 11) is 1.85. The van der Waals surface area contributed by atoms with Crippen molar-refractivity contribution < 1.29 is 9.53 Å². The fourth-order valence-corrected chi connectivity index (χ4v) is 2.13. The molecule has 2 N–H and O–H groups in total. The van der Waals surface area contributed by atoms with E-state index < -0.39 is 0 Å². The fourth-order valence-electron chi connectivity index (χ4n) is 2.13. The third-order valence-electron chi connectivity index (χ3n) is 3.27. The highest BCUT2D eigenvalue weighted by molar-refractivity contribution is 5.77. The summed E-state index contributed by atoms with van der Waals surface area (Å²) in [6.07, 6.45) is 0.790. The zero-order valence-electron chi connectivity index (χ0n) is 12.8. The van der Waals surface area contributed by atoms with Gasteiger partial charge in [0.05, 0.1) is 0 Å². The summed E-state index contributed by atoms with van der Waals surface area (Å²) in [5, 5.41) is 5.77. The van der Waals surface area contributed by atoms with E-state index >= 15 is 0 Å². The molecular weight excluding hydrogens is 276 g/mol. The Labute approximate surface area is 131 Å². The van der Waals surface area contributed by atoms with Crippen molar-refractivity contribution in [2.24, 2.45) is 0 Å². The number of benzene rings is 2. The summed E-state index contributed by atoms with van der Waals surface area (Å²) in [6.45, 7) is 1.39. The van der Waals surface area contributed by atoms with Crippen molar-refractivity contribution in [1.29, 1.82) is 0 Å². The molecule has 116 valence electrons. The van der Waals surface area contributed by atoms with Gasteiger partial charge in [-0.1, -0.05) is 48.5 Å². The molecular formula is C18H22N2O2. The third-order valence-corrected chi connectivity index (χ3v) is 3.27. The Morgan fingerprint density at radius 2 is 1.73 bits per heavy atom. The van der Waals surface area contributed by atoms with E-state index in [1.165, 1.54) is 5.56 Å². The number of nitrogens with one attached hydrogen (secondary N) is 2. The normalized spacial score (nSPS) is 10.2. The van der Waals surface area contributed by atoms with Crippen LogP contribution in [0.4, 0.5) is 0 Å². The van der Waals surface area contributed by atoms with E-state index in [9.17, 15) is 4.79 Å². The number of likely N-dealkylation sites (N-methyl/N-ethyl adjacent to an activating group) is 1. The summed E-state index contributed by atoms with van der Waals surface area (Å²) >= 11 is 0. The quantitative estimate of drug-likeness (QED) is 0.733. The minimum Gasteiger partial charge on any atom is -0.483 e. The van der Waals surface area contributed by atoms with Crippen LogP contribution in [0.1, 0.15) is 11.1 Å². The maximum atomic E-state index is 11.7. The smallest absolute Gasteiger partial charge is 0.257 e. The van der Waals surface area contributed by atoms with Gasteiger partial charge >= 0.3 is 0 Å². The number of para-hydroxylation sites is 1. The van der Waals surface area contributed by atoms with Crippen LogP contribution in [0.5, 0.6) is 5.75 Å². The summed E-state index contributed by atoms with van der Waals surface area (Å²) in [5.41, 5.74) is 2.30. The molecule has 1 amide bonds. The van der Waals surface area contributed by atoms with Crippen molar-refractivity contribution in [3.63, 3.8) is 0 Å². The molecule has 0 aliphatic heterocycles. The SMILES string of the molecule is CNCCNC(=O)COc1ccccc1Cc1ccccc1. The molecule has 4 heteroatoms. The molecule has 0 aliphatic rings. The molecule has 0 aromatic heterocycles. The second kappa shape index (κ2) is 8.85. The van der Waals surface area contributed by atoms with E-state index in [4.69, 9.17) is 4.74 Å². The fraction of sp³-hybridized carbons (Fsp3) is 0.278. The molecule has 0 radical (unpaired) electrons. The van der Waals surface area contributed by atoms with Crippen molar-refractivity contribution in [2.75, 3.05) is 26.7 Å². The lowest BCUT2D eigenvalue weighted by Gasteiger charge is -2.11. The molecule has 0 atom stereocenters. The Morgan fingerprint density at radius 1 is 1.00 bits per heavy atom. The van der Waals surface area contributed by atoms with Crippen LogP contribution in [0.2, 0.25) is 0 Å². The number of carbonyl (C=O) groups excluding carboxylic acids is 1. The third kappa shape index (κ3) is 5.22. The lowest BCUT2D eigenvalue weighted by molar-refractivity contribution is -0.123. The monoisotopic (exact) mass is 298 g/mol. The second-order valence-electron chi connectivity index (χ2n) is 5.01. The van der Waals surface area contributed by atoms with E-state index in [0.29, 0.717) is 6.54 Å². The minimum absolute atomic E-state index is 0.0372. The molecule has 0 heterocycles. The highest BCUT2D eigenvalue weighted by Crippen LogP contribution is 2.21. The summed E-state index contributed by atoms with van der Waals surface area (Å²) < 4.78 is 5.67. The Kier molecular flexibility index (Phi) is 6.45. The maximum absolute atomic E-state index is 11.7. The number of hydrogen-bond acceptors (Lipinski definition) is 3. The van der Waals surface area contributed by atoms with Crippen LogP contribution in [0.3, 0.4) is 0 Å². The average Bonchev–Trinajstić information content (AvgIpc) is 2.55. The number of amides is 1. The first kappa shape index (κ1) is 16.0. The lowest BCUT2D eigenvalue weighted by atomic mass is 10.0. The standard InChI is InChI=1S/C18H22N2O2/c1-19-11-12-20-18(21)14-22-17-10-6-5-9-16(17)13-15-7-3-2-4-8-15/h2-10,19H,11-14H2,1H3,(H,20,21). The van der Waals surface area contributed by atoms with Gasteiger partial charge in [0.2, 0.25) is 0 Å². The Balaban J connectivity index is 1.92. The topological polar surface area (TPSA) is 50.4 Å². The van der Waals surface area contributed by atoms with Crippen LogP contribution in [0.25, 0.3) is 0 Å². The molecule has 0 aliphatic carbocycles. The molecule has 2 aromatic rings. The van der Waals surface area contributed by atoms with Crippen LogP contribution in [-0.2, 0) is 11.2 Å². The lowest BCUT2D eigenvalue weighted by Crippen LogP contribution is -2.33. The molecule has 0 fully saturated rings. The first-order valence-electron chi connectivity index (χ1n) is 7.45. The van der Waals surface area contributed by atoms with Gasteiger partial charge in [-0.25, -0.2) is 0 Å². The predicted molar refractivity (Wildman–Crippen MR) is 88.1 cm³/mol. The largest absolute Gasteiger partial charge is 0.483 e. The number of carbonyl (C=O) groups is 1. The average molecular weight is 298 g/mol. The van der Waals surface area contributed by atoms with Crippen molar-refractivity contribution in [2.45, 2.75) is 6.42 Å². The molecule has 2 aromatic carbocycles. The van der Waals surface area contributed by atoms with Crippen LogP contribution >= 0.6 is 0 Å². The van der Waals surface area contributed by atoms with Crippen molar-refractivity contribution in [1.82, 2.24) is 10.6 Å². The van der Waals surface area contributed by atoms with Gasteiger partial charge in [0, 0.05) is 19.5 Å². The molecule has 0 saturated heterocycles. The summed E-state index contributed by atoms with van der Waals surface area (Å²) in [4.78, 5) is 11.7. The van der Waals surface area contributed by atoms with Gasteiger partial charge in [0.15, 0.2) is 6.61 Å². The Bertz CT molecular complexity index is 585. The maximum Gasteiger partial charge on any atom is 0.257 e. The molecule has 0 bridgehead atoms. The first-order valence-corrected chi connectivity index (χ1v) is 7.45. The van der Waals surface area contributed by atoms with Gasteiger partial charge in [-0.2, -0.15) is 0 Å². The van der Waals surface area contributed by atoms with Gasteiger partial charge < -0.3 is 15.4 Å². The van der Waals surface area contributed by atoms with Gasteiger partial charge in [0.25, 0.3) is 5.91 Å². The van der Waals surface area contributed by atoms with Crippen LogP contribution in [0, 0.1) is 0 Å². The first-order chi connectivity index (χ1) is 10.8. The van der Waals surface area contributed by atoms with Crippen molar-refractivity contribution >= 4 is 5.91 Å². The van der Waals surface area contributed by atoms with Crippen molar-refractivity contribution in [3.8, 4) is 5.75 Å². The van der Waals surface area contributed by atoms with E-state index in [2.05, 4.69) is 22.8 Å². The Morgan fingerprint density at radius 3 is 2.50 bits per heavy atom. The molecule has 22 heavy (non-hydrogen) atoms. The van der Waals surface area contributed by atoms with Gasteiger partial charge in [-0.3, -0.25) is 4.79 Å². The van der Waals surface area contributed by atoms with E-state index in [0.717, 1.165) is 24.3 Å². The Hall–Kier alpha value is -2.33. The van der Waals surface area contributed by atoms with Crippen LogP contribution in [-0.4, -0.2) is 32.7 Å². The number of ether oxygens (including phenoxy) is 1. The molecule has 0 spiro atoms. The predicted octanol–water partition coefficient (Wildman–Crippen LogP) is 1.99. The number of rotatable bonds is 8. The van der Waals surface area contributed by atoms with E-state index in [-0.39, 0.29) is 12.5 Å². The van der Waals surface area contributed by atoms with Gasteiger partial charge in [0.1, 0.15) is 5.75 Å². The van der Waals surface area contributed by atoms with Crippen LogP contribution < -0.4 is 15.4 Å². The highest BCUT2D eigenvalue weighted by atomic mass is 16.5. The number of hydrogen-bond donors (Lipinski definition) is 2. The van der Waals surface area contributed by atoms with Crippen molar-refractivity contribution in [3.05, 3.63) is 65.7 Å². The molecule has 0 saturated carbocycles. The van der Waals surface area contributed by atoms with Crippen LogP contribution in [0.15, 0.2) is 54.6 Å². The second-order valence-corrected chi connectivity index (χ2v) is 5.01. The van der Waals surface area contributed by atoms with Gasteiger partial charge in [-0.05, 0) is 24.2 Å². The molecule has 0 unspecified atom stereocenters. The van der Waals surface area contributed by atoms with Gasteiger partial charge in [-0.15, -0.1) is 0 Å². The molecule has 2 rings (SSSR count). The highest BCUT2D eigenvalue weighted by Gasteiger charge is 2.07. The van der Waals surface area contributed by atoms with E-state index in [1.54, 1.807) is 0 Å². The molecule has 4 nitrogen and oxygen atoms in total. The van der Waals surface area contributed by atoms with E-state index in [1.807, 2.05) is 49.5 Å². The summed E-state index contributed by atoms with van der Waals surface area (Å²) in [6, 6.07) is 18.0.